The van der Waals surface area contributed by atoms with E-state index in [1.165, 1.54) is 6.20 Å². The Hall–Kier alpha value is -1.99. The molecule has 0 aromatic carbocycles. The minimum absolute atomic E-state index is 0.0982. The summed E-state index contributed by atoms with van der Waals surface area (Å²) in [6.45, 7) is 7.21. The van der Waals surface area contributed by atoms with Gasteiger partial charge in [-0.05, 0) is 35.8 Å². The molecule has 2 heterocycles. The van der Waals surface area contributed by atoms with Crippen LogP contribution in [0, 0.1) is 0 Å². The Morgan fingerprint density at radius 2 is 2.26 bits per heavy atom. The Morgan fingerprint density at radius 1 is 1.57 bits per heavy atom. The number of carbonyl (C=O) groups is 1. The third kappa shape index (κ3) is 3.35. The number of hydrogen-bond acceptors (Lipinski definition) is 5. The van der Waals surface area contributed by atoms with Crippen molar-refractivity contribution in [3.63, 3.8) is 0 Å². The molecule has 0 aliphatic carbocycles. The van der Waals surface area contributed by atoms with Crippen molar-refractivity contribution in [1.82, 2.24) is 9.55 Å². The molecule has 0 aliphatic rings. The van der Waals surface area contributed by atoms with Gasteiger partial charge < -0.3 is 14.4 Å². The van der Waals surface area contributed by atoms with E-state index in [2.05, 4.69) is 27.5 Å². The zero-order valence-electron chi connectivity index (χ0n) is 12.9. The lowest BCUT2D eigenvalue weighted by Gasteiger charge is -2.21. The Morgan fingerprint density at radius 3 is 2.83 bits per heavy atom. The van der Waals surface area contributed by atoms with Crippen molar-refractivity contribution >= 4 is 32.9 Å². The van der Waals surface area contributed by atoms with Gasteiger partial charge in [0.15, 0.2) is 0 Å². The van der Waals surface area contributed by atoms with Gasteiger partial charge in [-0.25, -0.2) is 9.78 Å². The van der Waals surface area contributed by atoms with Crippen LogP contribution < -0.4 is 5.43 Å². The fourth-order valence-electron chi connectivity index (χ4n) is 2.28. The van der Waals surface area contributed by atoms with Crippen molar-refractivity contribution in [3.05, 3.63) is 50.9 Å². The van der Waals surface area contributed by atoms with Crippen molar-refractivity contribution < 1.29 is 14.6 Å². The summed E-state index contributed by atoms with van der Waals surface area (Å²) in [6.07, 6.45) is 2.92. The van der Waals surface area contributed by atoms with Crippen LogP contribution in [0.5, 0.6) is 0 Å². The van der Waals surface area contributed by atoms with Gasteiger partial charge in [0, 0.05) is 16.9 Å². The van der Waals surface area contributed by atoms with Gasteiger partial charge in [-0.3, -0.25) is 4.79 Å². The van der Waals surface area contributed by atoms with Crippen molar-refractivity contribution in [3.8, 4) is 0 Å². The minimum Gasteiger partial charge on any atom is -0.462 e. The number of aliphatic hydroxyl groups excluding tert-OH is 1. The molecule has 0 spiro atoms. The van der Waals surface area contributed by atoms with Gasteiger partial charge in [0.1, 0.15) is 11.2 Å². The van der Waals surface area contributed by atoms with Gasteiger partial charge in [-0.15, -0.1) is 0 Å². The Bertz CT molecular complexity index is 829. The molecule has 0 bridgehead atoms. The number of hydrogen-bond donors (Lipinski definition) is 1. The van der Waals surface area contributed by atoms with Crippen LogP contribution in [-0.4, -0.2) is 33.8 Å². The maximum atomic E-state index is 12.6. The van der Waals surface area contributed by atoms with Crippen LogP contribution in [0.1, 0.15) is 30.2 Å². The van der Waals surface area contributed by atoms with Crippen molar-refractivity contribution in [1.29, 1.82) is 0 Å². The molecule has 6 nitrogen and oxygen atoms in total. The maximum absolute atomic E-state index is 12.6. The highest BCUT2D eigenvalue weighted by atomic mass is 79.9. The summed E-state index contributed by atoms with van der Waals surface area (Å²) in [5, 5.41) is 9.92. The highest BCUT2D eigenvalue weighted by Crippen LogP contribution is 2.22. The molecule has 1 N–H and O–H groups in total. The second-order valence-electron chi connectivity index (χ2n) is 5.07. The molecule has 23 heavy (non-hydrogen) atoms. The lowest BCUT2D eigenvalue weighted by atomic mass is 10.1. The molecule has 0 fully saturated rings. The van der Waals surface area contributed by atoms with Gasteiger partial charge in [-0.2, -0.15) is 0 Å². The zero-order chi connectivity index (χ0) is 17.1. The van der Waals surface area contributed by atoms with Crippen LogP contribution in [0.4, 0.5) is 0 Å². The fraction of sp³-hybridized carbons (Fsp3) is 0.312. The summed E-state index contributed by atoms with van der Waals surface area (Å²) < 4.78 is 7.14. The Labute approximate surface area is 141 Å². The van der Waals surface area contributed by atoms with E-state index in [1.807, 2.05) is 0 Å². The standard InChI is InChI=1S/C16H17BrN2O4/c1-4-23-16(22)12-7-19(13(8-20)9(2)3)15-11(14(12)21)5-10(17)6-18-15/h5-7,13,20H,2,4,8H2,1,3H3. The molecule has 0 saturated heterocycles. The van der Waals surface area contributed by atoms with E-state index in [0.717, 1.165) is 0 Å². The lowest BCUT2D eigenvalue weighted by molar-refractivity contribution is 0.0523. The normalized spacial score (nSPS) is 12.2. The number of ether oxygens (including phenoxy) is 1. The van der Waals surface area contributed by atoms with Gasteiger partial charge in [0.2, 0.25) is 5.43 Å². The van der Waals surface area contributed by atoms with Gasteiger partial charge in [0.05, 0.1) is 24.6 Å². The van der Waals surface area contributed by atoms with Crippen LogP contribution in [0.3, 0.4) is 0 Å². The van der Waals surface area contributed by atoms with Gasteiger partial charge >= 0.3 is 5.97 Å². The third-order valence-corrected chi connectivity index (χ3v) is 3.84. The predicted molar refractivity (Wildman–Crippen MR) is 90.6 cm³/mol. The largest absolute Gasteiger partial charge is 0.462 e. The number of aliphatic hydroxyl groups is 1. The molecule has 1 atom stereocenters. The number of carbonyl (C=O) groups excluding carboxylic acids is 1. The van der Waals surface area contributed by atoms with Gasteiger partial charge in [0.25, 0.3) is 0 Å². The van der Waals surface area contributed by atoms with E-state index < -0.39 is 17.4 Å². The van der Waals surface area contributed by atoms with Crippen LogP contribution >= 0.6 is 15.9 Å². The third-order valence-electron chi connectivity index (χ3n) is 3.41. The molecule has 0 amide bonds. The first-order valence-corrected chi connectivity index (χ1v) is 7.83. The number of halogens is 1. The second kappa shape index (κ2) is 7.06. The highest BCUT2D eigenvalue weighted by Gasteiger charge is 2.21. The molecule has 0 radical (unpaired) electrons. The molecule has 122 valence electrons. The highest BCUT2D eigenvalue weighted by molar-refractivity contribution is 9.10. The molecule has 7 heteroatoms. The first-order valence-electron chi connectivity index (χ1n) is 7.04. The van der Waals surface area contributed by atoms with E-state index in [-0.39, 0.29) is 24.2 Å². The summed E-state index contributed by atoms with van der Waals surface area (Å²) in [5.74, 6) is -0.702. The fourth-order valence-corrected chi connectivity index (χ4v) is 2.61. The van der Waals surface area contributed by atoms with Crippen LogP contribution in [0.2, 0.25) is 0 Å². The van der Waals surface area contributed by atoms with E-state index in [0.29, 0.717) is 15.7 Å². The summed E-state index contributed by atoms with van der Waals surface area (Å²) in [5.41, 5.74) is 0.492. The van der Waals surface area contributed by atoms with Crippen molar-refractivity contribution in [2.75, 3.05) is 13.2 Å². The topological polar surface area (TPSA) is 81.4 Å². The number of nitrogens with zero attached hydrogens (tertiary/aromatic N) is 2. The minimum atomic E-state index is -0.702. The van der Waals surface area contributed by atoms with Gasteiger partial charge in [-0.1, -0.05) is 12.2 Å². The van der Waals surface area contributed by atoms with E-state index >= 15 is 0 Å². The first kappa shape index (κ1) is 17.4. The quantitative estimate of drug-likeness (QED) is 0.636. The van der Waals surface area contributed by atoms with E-state index in [4.69, 9.17) is 4.74 Å². The molecule has 0 aliphatic heterocycles. The van der Waals surface area contributed by atoms with Crippen molar-refractivity contribution in [2.45, 2.75) is 19.9 Å². The summed E-state index contributed by atoms with van der Waals surface area (Å²) in [6, 6.07) is 1.09. The molecule has 0 saturated carbocycles. The number of esters is 1. The predicted octanol–water partition coefficient (Wildman–Crippen LogP) is 2.45. The number of aromatic nitrogens is 2. The number of fused-ring (bicyclic) bond motifs is 1. The smallest absolute Gasteiger partial charge is 0.343 e. The summed E-state index contributed by atoms with van der Waals surface area (Å²) in [4.78, 5) is 28.9. The molecule has 2 aromatic heterocycles. The SMILES string of the molecule is C=C(C)C(CO)n1cc(C(=O)OCC)c(=O)c2cc(Br)cnc21. The Balaban J connectivity index is 2.84. The summed E-state index contributed by atoms with van der Waals surface area (Å²) in [7, 11) is 0. The van der Waals surface area contributed by atoms with Crippen molar-refractivity contribution in [2.24, 2.45) is 0 Å². The van der Waals surface area contributed by atoms with E-state index in [9.17, 15) is 14.7 Å². The van der Waals surface area contributed by atoms with Crippen LogP contribution in [0.25, 0.3) is 11.0 Å². The second-order valence-corrected chi connectivity index (χ2v) is 5.98. The zero-order valence-corrected chi connectivity index (χ0v) is 14.5. The molecule has 2 aromatic rings. The van der Waals surface area contributed by atoms with Crippen LogP contribution in [0.15, 0.2) is 39.9 Å². The number of pyridine rings is 2. The molecular formula is C16H17BrN2O4. The number of rotatable bonds is 5. The summed E-state index contributed by atoms with van der Waals surface area (Å²) >= 11 is 3.27. The molecule has 1 unspecified atom stereocenters. The molecular weight excluding hydrogens is 364 g/mol. The first-order chi connectivity index (χ1) is 10.9. The van der Waals surface area contributed by atoms with E-state index in [1.54, 1.807) is 30.7 Å². The average Bonchev–Trinajstić information content (AvgIpc) is 2.50. The Kier molecular flexibility index (Phi) is 5.33. The van der Waals surface area contributed by atoms with Crippen LogP contribution in [-0.2, 0) is 4.74 Å². The maximum Gasteiger partial charge on any atom is 0.343 e. The average molecular weight is 381 g/mol. The molecule has 2 rings (SSSR count). The monoisotopic (exact) mass is 380 g/mol. The lowest BCUT2D eigenvalue weighted by Crippen LogP contribution is -2.24.